The second-order valence-corrected chi connectivity index (χ2v) is 6.62. The van der Waals surface area contributed by atoms with Gasteiger partial charge in [0.2, 0.25) is 3.79 Å². The molecule has 5 atom stereocenters. The van der Waals surface area contributed by atoms with Crippen LogP contribution in [0.2, 0.25) is 0 Å². The molecule has 0 N–H and O–H groups in total. The maximum absolute atomic E-state index is 11.6. The van der Waals surface area contributed by atoms with Crippen LogP contribution < -0.4 is 0 Å². The van der Waals surface area contributed by atoms with Gasteiger partial charge in [0.05, 0.1) is 6.10 Å². The molecule has 0 aromatic rings. The molecule has 0 saturated carbocycles. The minimum atomic E-state index is -0.545. The normalized spacial score (nSPS) is 38.4. The molecule has 0 aromatic carbocycles. The highest BCUT2D eigenvalue weighted by molar-refractivity contribution is 14.1. The van der Waals surface area contributed by atoms with Gasteiger partial charge in [-0.1, -0.05) is 20.8 Å². The SMILES string of the molecule is CC(C)C1OC(C(=O)I)[C@@H](OI)C(OI)[C@H]1C. The van der Waals surface area contributed by atoms with Crippen LogP contribution in [-0.4, -0.2) is 28.2 Å². The first kappa shape index (κ1) is 16.8. The predicted octanol–water partition coefficient (Wildman–Crippen LogP) is 3.48. The molecule has 1 fully saturated rings. The maximum atomic E-state index is 11.6. The lowest BCUT2D eigenvalue weighted by molar-refractivity contribution is -0.178. The molecular formula is C10H15I3O4. The number of rotatable bonds is 4. The van der Waals surface area contributed by atoms with E-state index < -0.39 is 6.10 Å². The third-order valence-corrected chi connectivity index (χ3v) is 4.84. The first-order valence-electron chi connectivity index (χ1n) is 5.33. The summed E-state index contributed by atoms with van der Waals surface area (Å²) in [6, 6.07) is 0. The van der Waals surface area contributed by atoms with Crippen molar-refractivity contribution in [2.45, 2.75) is 45.2 Å². The number of carbonyl (C=O) groups excluding carboxylic acids is 1. The van der Waals surface area contributed by atoms with Crippen LogP contribution in [0.5, 0.6) is 0 Å². The summed E-state index contributed by atoms with van der Waals surface area (Å²) in [5.74, 6) is 0.533. The van der Waals surface area contributed by atoms with Crippen molar-refractivity contribution in [1.82, 2.24) is 0 Å². The summed E-state index contributed by atoms with van der Waals surface area (Å²) in [5.41, 5.74) is 0. The zero-order chi connectivity index (χ0) is 13.2. The fourth-order valence-electron chi connectivity index (χ4n) is 2.21. The minimum absolute atomic E-state index is 0.0151. The van der Waals surface area contributed by atoms with E-state index in [0.717, 1.165) is 0 Å². The van der Waals surface area contributed by atoms with E-state index in [1.54, 1.807) is 22.6 Å². The van der Waals surface area contributed by atoms with Gasteiger partial charge in [0.15, 0.2) is 6.10 Å². The Morgan fingerprint density at radius 2 is 1.76 bits per heavy atom. The average molecular weight is 580 g/mol. The van der Waals surface area contributed by atoms with E-state index in [0.29, 0.717) is 5.92 Å². The molecule has 0 aliphatic carbocycles. The molecule has 1 heterocycles. The van der Waals surface area contributed by atoms with Gasteiger partial charge in [0.1, 0.15) is 58.2 Å². The highest BCUT2D eigenvalue weighted by atomic mass is 127. The van der Waals surface area contributed by atoms with Gasteiger partial charge >= 0.3 is 0 Å². The number of hydrogen-bond donors (Lipinski definition) is 0. The molecule has 0 bridgehead atoms. The van der Waals surface area contributed by atoms with Gasteiger partial charge in [0.25, 0.3) is 0 Å². The molecule has 17 heavy (non-hydrogen) atoms. The van der Waals surface area contributed by atoms with Crippen LogP contribution in [0.4, 0.5) is 0 Å². The molecular weight excluding hydrogens is 565 g/mol. The maximum Gasteiger partial charge on any atom is 0.223 e. The molecule has 1 aliphatic heterocycles. The van der Waals surface area contributed by atoms with Gasteiger partial charge in [-0.15, -0.1) is 0 Å². The second-order valence-electron chi connectivity index (χ2n) is 4.54. The zero-order valence-electron chi connectivity index (χ0n) is 9.73. The van der Waals surface area contributed by atoms with E-state index >= 15 is 0 Å². The summed E-state index contributed by atoms with van der Waals surface area (Å²) in [6.45, 7) is 6.25. The molecule has 0 aromatic heterocycles. The number of halogens is 3. The summed E-state index contributed by atoms with van der Waals surface area (Å²) in [4.78, 5) is 11.6. The van der Waals surface area contributed by atoms with Crippen LogP contribution in [0.15, 0.2) is 0 Å². The first-order valence-corrected chi connectivity index (χ1v) is 8.17. The average Bonchev–Trinajstić information content (AvgIpc) is 2.27. The molecule has 7 heteroatoms. The van der Waals surface area contributed by atoms with Crippen LogP contribution in [0, 0.1) is 11.8 Å². The van der Waals surface area contributed by atoms with Crippen LogP contribution >= 0.6 is 68.6 Å². The Hall–Kier alpha value is 1.74. The smallest absolute Gasteiger partial charge is 0.223 e. The Bertz CT molecular complexity index is 274. The molecule has 3 unspecified atom stereocenters. The molecule has 0 spiro atoms. The fourth-order valence-corrected chi connectivity index (χ4v) is 4.01. The van der Waals surface area contributed by atoms with Gasteiger partial charge in [-0.05, 0) is 5.92 Å². The Labute approximate surface area is 143 Å². The van der Waals surface area contributed by atoms with Crippen molar-refractivity contribution in [3.8, 4) is 0 Å². The Balaban J connectivity index is 2.97. The predicted molar refractivity (Wildman–Crippen MR) is 89.5 cm³/mol. The highest BCUT2D eigenvalue weighted by Gasteiger charge is 2.48. The molecule has 1 aliphatic rings. The summed E-state index contributed by atoms with van der Waals surface area (Å²) in [7, 11) is 0. The Morgan fingerprint density at radius 1 is 1.24 bits per heavy atom. The van der Waals surface area contributed by atoms with Crippen molar-refractivity contribution >= 4 is 72.4 Å². The molecule has 0 radical (unpaired) electrons. The minimum Gasteiger partial charge on any atom is -0.363 e. The monoisotopic (exact) mass is 580 g/mol. The van der Waals surface area contributed by atoms with E-state index in [-0.39, 0.29) is 28.0 Å². The summed E-state index contributed by atoms with van der Waals surface area (Å²) in [5, 5.41) is 0. The third kappa shape index (κ3) is 3.86. The van der Waals surface area contributed by atoms with Crippen LogP contribution in [0.25, 0.3) is 0 Å². The number of carbonyl (C=O) groups is 1. The Kier molecular flexibility index (Phi) is 7.41. The largest absolute Gasteiger partial charge is 0.363 e. The highest BCUT2D eigenvalue weighted by Crippen LogP contribution is 2.36. The number of ether oxygens (including phenoxy) is 1. The van der Waals surface area contributed by atoms with Gasteiger partial charge in [0, 0.05) is 28.5 Å². The Morgan fingerprint density at radius 3 is 2.12 bits per heavy atom. The van der Waals surface area contributed by atoms with Crippen molar-refractivity contribution in [3.05, 3.63) is 0 Å². The molecule has 100 valence electrons. The lowest BCUT2D eigenvalue weighted by Crippen LogP contribution is -2.57. The van der Waals surface area contributed by atoms with Gasteiger partial charge < -0.3 is 10.9 Å². The van der Waals surface area contributed by atoms with Crippen LogP contribution in [-0.2, 0) is 15.7 Å². The first-order chi connectivity index (χ1) is 7.93. The summed E-state index contributed by atoms with van der Waals surface area (Å²) >= 11 is 5.45. The summed E-state index contributed by atoms with van der Waals surface area (Å²) < 4.78 is 16.7. The second kappa shape index (κ2) is 7.50. The van der Waals surface area contributed by atoms with Crippen molar-refractivity contribution in [3.63, 3.8) is 0 Å². The molecule has 1 rings (SSSR count). The van der Waals surface area contributed by atoms with Gasteiger partial charge in [-0.3, -0.25) is 4.79 Å². The van der Waals surface area contributed by atoms with E-state index in [4.69, 9.17) is 10.9 Å². The molecule has 4 nitrogen and oxygen atoms in total. The van der Waals surface area contributed by atoms with Crippen molar-refractivity contribution < 1.29 is 15.7 Å². The zero-order valence-corrected chi connectivity index (χ0v) is 16.2. The number of hydrogen-bond acceptors (Lipinski definition) is 4. The quantitative estimate of drug-likeness (QED) is 0.378. The van der Waals surface area contributed by atoms with E-state index in [2.05, 4.69) is 20.8 Å². The standard InChI is InChI=1S/C10H15I3O4/c1-4(2)6-5(3)7(16-12)8(17-13)9(15-6)10(11)14/h4-9H,1-3H3/t5-,6?,7?,8-,9?/m0/s1. The van der Waals surface area contributed by atoms with Crippen LogP contribution in [0.3, 0.4) is 0 Å². The third-order valence-electron chi connectivity index (χ3n) is 3.05. The summed E-state index contributed by atoms with van der Waals surface area (Å²) in [6.07, 6.45) is -1.00. The lowest BCUT2D eigenvalue weighted by atomic mass is 9.83. The van der Waals surface area contributed by atoms with Gasteiger partial charge in [-0.25, -0.2) is 0 Å². The van der Waals surface area contributed by atoms with Crippen molar-refractivity contribution in [2.24, 2.45) is 11.8 Å². The van der Waals surface area contributed by atoms with Crippen LogP contribution in [0.1, 0.15) is 20.8 Å². The van der Waals surface area contributed by atoms with Crippen molar-refractivity contribution in [1.29, 1.82) is 0 Å². The molecule has 0 amide bonds. The van der Waals surface area contributed by atoms with E-state index in [1.807, 2.05) is 46.0 Å². The molecule has 1 saturated heterocycles. The topological polar surface area (TPSA) is 44.8 Å². The van der Waals surface area contributed by atoms with E-state index in [9.17, 15) is 4.79 Å². The van der Waals surface area contributed by atoms with Gasteiger partial charge in [-0.2, -0.15) is 0 Å². The van der Waals surface area contributed by atoms with Crippen molar-refractivity contribution in [2.75, 3.05) is 0 Å². The lowest BCUT2D eigenvalue weighted by Gasteiger charge is -2.43. The van der Waals surface area contributed by atoms with E-state index in [1.165, 1.54) is 0 Å². The fraction of sp³-hybridized carbons (Fsp3) is 0.900.